The summed E-state index contributed by atoms with van der Waals surface area (Å²) in [5, 5.41) is 17.9. The van der Waals surface area contributed by atoms with Crippen molar-refractivity contribution in [3.63, 3.8) is 0 Å². The van der Waals surface area contributed by atoms with Crippen LogP contribution in [0, 0.1) is 6.92 Å². The molecule has 80 valence electrons. The maximum absolute atomic E-state index is 8.95. The van der Waals surface area contributed by atoms with E-state index in [1.165, 1.54) is 0 Å². The van der Waals surface area contributed by atoms with Crippen molar-refractivity contribution < 1.29 is 14.6 Å². The number of hydrogen-bond donors (Lipinski definition) is 2. The van der Waals surface area contributed by atoms with Crippen molar-refractivity contribution in [2.75, 3.05) is 20.3 Å². The fraction of sp³-hybridized carbons (Fsp3) is 0.600. The number of likely N-dealkylation sites (N-methyl/N-ethyl adjacent to an activating group) is 1. The van der Waals surface area contributed by atoms with Gasteiger partial charge in [0.1, 0.15) is 11.5 Å². The highest BCUT2D eigenvalue weighted by atomic mass is 16.3. The molecule has 0 aliphatic rings. The zero-order valence-corrected chi connectivity index (χ0v) is 8.60. The molecule has 0 atom stereocenters. The minimum Gasteiger partial charge on any atom is -0.465 e. The Bertz CT molecular complexity index is 268. The van der Waals surface area contributed by atoms with Crippen LogP contribution < -0.4 is 0 Å². The van der Waals surface area contributed by atoms with Crippen LogP contribution in [0.2, 0.25) is 0 Å². The molecule has 0 aromatic carbocycles. The third-order valence-electron chi connectivity index (χ3n) is 2.25. The summed E-state index contributed by atoms with van der Waals surface area (Å²) in [4.78, 5) is 1.86. The summed E-state index contributed by atoms with van der Waals surface area (Å²) in [5.41, 5.74) is 0. The Morgan fingerprint density at radius 1 is 1.36 bits per heavy atom. The Morgan fingerprint density at radius 3 is 2.43 bits per heavy atom. The maximum atomic E-state index is 8.95. The Kier molecular flexibility index (Phi) is 4.13. The molecular formula is C10H17NO3. The summed E-state index contributed by atoms with van der Waals surface area (Å²) in [7, 11) is 1.84. The van der Waals surface area contributed by atoms with Crippen molar-refractivity contribution in [3.8, 4) is 0 Å². The van der Waals surface area contributed by atoms with Gasteiger partial charge in [-0.05, 0) is 26.1 Å². The molecular weight excluding hydrogens is 182 g/mol. The smallest absolute Gasteiger partial charge is 0.118 e. The van der Waals surface area contributed by atoms with Gasteiger partial charge in [-0.2, -0.15) is 0 Å². The van der Waals surface area contributed by atoms with Gasteiger partial charge in [-0.25, -0.2) is 0 Å². The first-order valence-corrected chi connectivity index (χ1v) is 4.64. The molecule has 0 unspecified atom stereocenters. The number of furan rings is 1. The van der Waals surface area contributed by atoms with Gasteiger partial charge in [0.25, 0.3) is 0 Å². The minimum absolute atomic E-state index is 0.0489. The van der Waals surface area contributed by atoms with E-state index in [9.17, 15) is 0 Å². The predicted molar refractivity (Wildman–Crippen MR) is 52.9 cm³/mol. The summed E-state index contributed by atoms with van der Waals surface area (Å²) in [6.07, 6.45) is 0. The number of nitrogens with zero attached hydrogens (tertiary/aromatic N) is 1. The molecule has 0 radical (unpaired) electrons. The van der Waals surface area contributed by atoms with Crippen LogP contribution in [0.15, 0.2) is 16.5 Å². The predicted octanol–water partition coefficient (Wildman–Crippen LogP) is 0.373. The molecule has 0 bridgehead atoms. The van der Waals surface area contributed by atoms with Crippen molar-refractivity contribution in [1.29, 1.82) is 0 Å². The Labute approximate surface area is 83.8 Å². The fourth-order valence-corrected chi connectivity index (χ4v) is 1.28. The first-order chi connectivity index (χ1) is 6.67. The lowest BCUT2D eigenvalue weighted by atomic mass is 10.3. The van der Waals surface area contributed by atoms with Crippen LogP contribution in [0.25, 0.3) is 0 Å². The molecule has 0 saturated heterocycles. The standard InChI is InChI=1S/C10H17NO3/c1-8-3-4-10(14-8)5-11(2)9(6-12)7-13/h3-4,9,12-13H,5-7H2,1-2H3. The van der Waals surface area contributed by atoms with Crippen molar-refractivity contribution in [1.82, 2.24) is 4.90 Å². The van der Waals surface area contributed by atoms with E-state index in [0.717, 1.165) is 11.5 Å². The second-order valence-corrected chi connectivity index (χ2v) is 3.45. The van der Waals surface area contributed by atoms with Crippen LogP contribution in [-0.4, -0.2) is 41.4 Å². The SMILES string of the molecule is Cc1ccc(CN(C)C(CO)CO)o1. The van der Waals surface area contributed by atoms with Crippen molar-refractivity contribution in [3.05, 3.63) is 23.7 Å². The van der Waals surface area contributed by atoms with Gasteiger partial charge < -0.3 is 14.6 Å². The van der Waals surface area contributed by atoms with Crippen molar-refractivity contribution >= 4 is 0 Å². The molecule has 1 aromatic rings. The van der Waals surface area contributed by atoms with E-state index in [2.05, 4.69) is 0 Å². The highest BCUT2D eigenvalue weighted by Crippen LogP contribution is 2.10. The molecule has 4 nitrogen and oxygen atoms in total. The molecule has 1 aromatic heterocycles. The lowest BCUT2D eigenvalue weighted by Crippen LogP contribution is -2.37. The average Bonchev–Trinajstić information content (AvgIpc) is 2.53. The fourth-order valence-electron chi connectivity index (χ4n) is 1.28. The molecule has 4 heteroatoms. The van der Waals surface area contributed by atoms with E-state index >= 15 is 0 Å². The molecule has 0 saturated carbocycles. The van der Waals surface area contributed by atoms with E-state index in [1.54, 1.807) is 0 Å². The van der Waals surface area contributed by atoms with Crippen LogP contribution in [0.5, 0.6) is 0 Å². The molecule has 14 heavy (non-hydrogen) atoms. The topological polar surface area (TPSA) is 56.8 Å². The summed E-state index contributed by atoms with van der Waals surface area (Å²) in [5.74, 6) is 1.72. The molecule has 0 aliphatic heterocycles. The lowest BCUT2D eigenvalue weighted by Gasteiger charge is -2.23. The Hall–Kier alpha value is -0.840. The second kappa shape index (κ2) is 5.14. The second-order valence-electron chi connectivity index (χ2n) is 3.45. The maximum Gasteiger partial charge on any atom is 0.118 e. The highest BCUT2D eigenvalue weighted by Gasteiger charge is 2.13. The van der Waals surface area contributed by atoms with Crippen LogP contribution in [-0.2, 0) is 6.54 Å². The van der Waals surface area contributed by atoms with E-state index in [0.29, 0.717) is 6.54 Å². The van der Waals surface area contributed by atoms with Crippen LogP contribution >= 0.6 is 0 Å². The van der Waals surface area contributed by atoms with E-state index < -0.39 is 0 Å². The normalized spacial score (nSPS) is 11.6. The van der Waals surface area contributed by atoms with E-state index in [4.69, 9.17) is 14.6 Å². The molecule has 1 rings (SSSR count). The van der Waals surface area contributed by atoms with Crippen molar-refractivity contribution in [2.24, 2.45) is 0 Å². The van der Waals surface area contributed by atoms with Gasteiger partial charge in [0, 0.05) is 0 Å². The summed E-state index contributed by atoms with van der Waals surface area (Å²) in [6, 6.07) is 3.58. The first-order valence-electron chi connectivity index (χ1n) is 4.64. The molecule has 0 fully saturated rings. The summed E-state index contributed by atoms with van der Waals surface area (Å²) < 4.78 is 5.39. The lowest BCUT2D eigenvalue weighted by molar-refractivity contribution is 0.0829. The van der Waals surface area contributed by atoms with Gasteiger partial charge in [0.2, 0.25) is 0 Å². The molecule has 0 amide bonds. The number of aliphatic hydroxyl groups is 2. The molecule has 2 N–H and O–H groups in total. The summed E-state index contributed by atoms with van der Waals surface area (Å²) >= 11 is 0. The van der Waals surface area contributed by atoms with Gasteiger partial charge in [-0.1, -0.05) is 0 Å². The zero-order valence-electron chi connectivity index (χ0n) is 8.60. The third-order valence-corrected chi connectivity index (χ3v) is 2.25. The minimum atomic E-state index is -0.222. The molecule has 0 spiro atoms. The van der Waals surface area contributed by atoms with E-state index in [1.807, 2.05) is 31.0 Å². The largest absolute Gasteiger partial charge is 0.465 e. The highest BCUT2D eigenvalue weighted by molar-refractivity contribution is 5.05. The van der Waals surface area contributed by atoms with Gasteiger partial charge in [0.15, 0.2) is 0 Å². The molecule has 0 aliphatic carbocycles. The monoisotopic (exact) mass is 199 g/mol. The van der Waals surface area contributed by atoms with Crippen molar-refractivity contribution in [2.45, 2.75) is 19.5 Å². The van der Waals surface area contributed by atoms with Gasteiger partial charge in [-0.15, -0.1) is 0 Å². The van der Waals surface area contributed by atoms with Gasteiger partial charge >= 0.3 is 0 Å². The van der Waals surface area contributed by atoms with Gasteiger partial charge in [0.05, 0.1) is 25.8 Å². The number of hydrogen-bond acceptors (Lipinski definition) is 4. The zero-order chi connectivity index (χ0) is 10.6. The van der Waals surface area contributed by atoms with E-state index in [-0.39, 0.29) is 19.3 Å². The third kappa shape index (κ3) is 2.83. The van der Waals surface area contributed by atoms with Gasteiger partial charge in [-0.3, -0.25) is 4.90 Å². The first kappa shape index (κ1) is 11.2. The Balaban J connectivity index is 2.51. The summed E-state index contributed by atoms with van der Waals surface area (Å²) in [6.45, 7) is 2.39. The van der Waals surface area contributed by atoms with Crippen LogP contribution in [0.4, 0.5) is 0 Å². The average molecular weight is 199 g/mol. The number of aryl methyl sites for hydroxylation is 1. The quantitative estimate of drug-likeness (QED) is 0.719. The number of rotatable bonds is 5. The van der Waals surface area contributed by atoms with Crippen LogP contribution in [0.1, 0.15) is 11.5 Å². The molecule has 1 heterocycles. The number of aliphatic hydroxyl groups excluding tert-OH is 2. The van der Waals surface area contributed by atoms with Crippen LogP contribution in [0.3, 0.4) is 0 Å². The Morgan fingerprint density at radius 2 is 2.00 bits per heavy atom.